The molecule has 0 bridgehead atoms. The fourth-order valence-corrected chi connectivity index (χ4v) is 3.90. The van der Waals surface area contributed by atoms with E-state index in [-0.39, 0.29) is 30.1 Å². The van der Waals surface area contributed by atoms with Crippen molar-refractivity contribution in [1.29, 1.82) is 0 Å². The van der Waals surface area contributed by atoms with Gasteiger partial charge in [-0.15, -0.1) is 0 Å². The number of rotatable bonds is 5. The number of carboxylic acids is 1. The molecule has 3 fully saturated rings. The van der Waals surface area contributed by atoms with Gasteiger partial charge in [0.1, 0.15) is 6.61 Å². The summed E-state index contributed by atoms with van der Waals surface area (Å²) in [4.78, 5) is 22.9. The van der Waals surface area contributed by atoms with Gasteiger partial charge in [-0.25, -0.2) is 0 Å². The van der Waals surface area contributed by atoms with Crippen LogP contribution in [-0.2, 0) is 14.3 Å². The predicted molar refractivity (Wildman–Crippen MR) is 72.1 cm³/mol. The predicted octanol–water partition coefficient (Wildman–Crippen LogP) is 1.56. The molecule has 4 atom stereocenters. The highest BCUT2D eigenvalue weighted by atomic mass is 16.5. The molecule has 112 valence electrons. The lowest BCUT2D eigenvalue weighted by molar-refractivity contribution is -0.141. The van der Waals surface area contributed by atoms with E-state index in [2.05, 4.69) is 12.2 Å². The third-order valence-corrected chi connectivity index (χ3v) is 5.48. The largest absolute Gasteiger partial charge is 0.481 e. The number of fused-ring (bicyclic) bond motifs is 1. The van der Waals surface area contributed by atoms with Crippen molar-refractivity contribution >= 4 is 11.9 Å². The second kappa shape index (κ2) is 5.02. The number of aliphatic carboxylic acids is 1. The summed E-state index contributed by atoms with van der Waals surface area (Å²) < 4.78 is 5.66. The van der Waals surface area contributed by atoms with Gasteiger partial charge in [-0.05, 0) is 57.3 Å². The molecule has 0 spiro atoms. The van der Waals surface area contributed by atoms with E-state index in [4.69, 9.17) is 9.84 Å². The summed E-state index contributed by atoms with van der Waals surface area (Å²) in [5, 5.41) is 12.1. The molecule has 0 heterocycles. The van der Waals surface area contributed by atoms with E-state index in [1.54, 1.807) is 0 Å². The third-order valence-electron chi connectivity index (χ3n) is 5.48. The molecule has 0 aliphatic heterocycles. The van der Waals surface area contributed by atoms with Crippen molar-refractivity contribution in [2.45, 2.75) is 57.1 Å². The number of carboxylic acid groups (broad SMARTS) is 1. The lowest BCUT2D eigenvalue weighted by atomic mass is 9.71. The molecule has 1 amide bonds. The SMILES string of the molecule is CC1(OCC(=O)N[C@@H]2C[C@@H]3CC(C(=O)O)C[C@@H]32)CCC1. The molecule has 5 nitrogen and oxygen atoms in total. The molecular weight excluding hydrogens is 258 g/mol. The Morgan fingerprint density at radius 3 is 2.65 bits per heavy atom. The molecule has 3 saturated carbocycles. The zero-order valence-electron chi connectivity index (χ0n) is 11.9. The van der Waals surface area contributed by atoms with Crippen LogP contribution in [0.15, 0.2) is 0 Å². The summed E-state index contributed by atoms with van der Waals surface area (Å²) in [5.74, 6) is -0.103. The summed E-state index contributed by atoms with van der Waals surface area (Å²) in [5.41, 5.74) is -0.0960. The summed E-state index contributed by atoms with van der Waals surface area (Å²) in [7, 11) is 0. The van der Waals surface area contributed by atoms with Gasteiger partial charge in [-0.3, -0.25) is 9.59 Å². The summed E-state index contributed by atoms with van der Waals surface area (Å²) in [6.45, 7) is 2.18. The van der Waals surface area contributed by atoms with Gasteiger partial charge in [0.15, 0.2) is 0 Å². The third kappa shape index (κ3) is 2.55. The van der Waals surface area contributed by atoms with Crippen LogP contribution in [0.3, 0.4) is 0 Å². The Labute approximate surface area is 119 Å². The highest BCUT2D eigenvalue weighted by molar-refractivity contribution is 5.78. The molecule has 3 aliphatic carbocycles. The molecule has 3 rings (SSSR count). The molecule has 5 heteroatoms. The Morgan fingerprint density at radius 1 is 1.30 bits per heavy atom. The number of amides is 1. The lowest BCUT2D eigenvalue weighted by Crippen LogP contribution is -2.52. The Kier molecular flexibility index (Phi) is 3.48. The minimum atomic E-state index is -0.689. The molecule has 20 heavy (non-hydrogen) atoms. The van der Waals surface area contributed by atoms with Gasteiger partial charge < -0.3 is 15.2 Å². The maximum absolute atomic E-state index is 11.9. The Hall–Kier alpha value is -1.10. The average molecular weight is 281 g/mol. The minimum absolute atomic E-state index is 0.0552. The van der Waals surface area contributed by atoms with Crippen molar-refractivity contribution in [2.75, 3.05) is 6.61 Å². The molecule has 0 radical (unpaired) electrons. The van der Waals surface area contributed by atoms with Crippen molar-refractivity contribution in [1.82, 2.24) is 5.32 Å². The van der Waals surface area contributed by atoms with Crippen LogP contribution >= 0.6 is 0 Å². The minimum Gasteiger partial charge on any atom is -0.481 e. The lowest BCUT2D eigenvalue weighted by Gasteiger charge is -2.41. The topological polar surface area (TPSA) is 75.6 Å². The van der Waals surface area contributed by atoms with Gasteiger partial charge in [0.25, 0.3) is 0 Å². The van der Waals surface area contributed by atoms with E-state index in [0.29, 0.717) is 18.3 Å². The first kappa shape index (κ1) is 13.9. The van der Waals surface area contributed by atoms with Crippen molar-refractivity contribution in [2.24, 2.45) is 17.8 Å². The first-order valence-corrected chi connectivity index (χ1v) is 7.63. The second-order valence-electron chi connectivity index (χ2n) is 6.93. The number of nitrogens with one attached hydrogen (secondary N) is 1. The van der Waals surface area contributed by atoms with Gasteiger partial charge in [-0.2, -0.15) is 0 Å². The quantitative estimate of drug-likeness (QED) is 0.802. The monoisotopic (exact) mass is 281 g/mol. The highest BCUT2D eigenvalue weighted by Gasteiger charge is 2.50. The summed E-state index contributed by atoms with van der Waals surface area (Å²) >= 11 is 0. The molecule has 1 unspecified atom stereocenters. The van der Waals surface area contributed by atoms with Crippen LogP contribution < -0.4 is 5.32 Å². The van der Waals surface area contributed by atoms with Gasteiger partial charge in [0.2, 0.25) is 5.91 Å². The van der Waals surface area contributed by atoms with Gasteiger partial charge in [0, 0.05) is 6.04 Å². The van der Waals surface area contributed by atoms with Crippen LogP contribution in [0.5, 0.6) is 0 Å². The van der Waals surface area contributed by atoms with Crippen molar-refractivity contribution in [3.63, 3.8) is 0 Å². The smallest absolute Gasteiger partial charge is 0.306 e. The van der Waals surface area contributed by atoms with Crippen LogP contribution in [0.2, 0.25) is 0 Å². The van der Waals surface area contributed by atoms with Crippen molar-refractivity contribution < 1.29 is 19.4 Å². The summed E-state index contributed by atoms with van der Waals surface area (Å²) in [6, 6.07) is 0.162. The normalized spacial score (nSPS) is 37.5. The zero-order valence-corrected chi connectivity index (χ0v) is 11.9. The van der Waals surface area contributed by atoms with Crippen LogP contribution in [0.1, 0.15) is 45.4 Å². The van der Waals surface area contributed by atoms with Crippen LogP contribution in [-0.4, -0.2) is 35.2 Å². The highest BCUT2D eigenvalue weighted by Crippen LogP contribution is 2.49. The number of hydrogen-bond donors (Lipinski definition) is 2. The van der Waals surface area contributed by atoms with E-state index in [9.17, 15) is 9.59 Å². The van der Waals surface area contributed by atoms with Gasteiger partial charge in [-0.1, -0.05) is 0 Å². The summed E-state index contributed by atoms with van der Waals surface area (Å²) in [6.07, 6.45) is 5.67. The van der Waals surface area contributed by atoms with Crippen molar-refractivity contribution in [3.05, 3.63) is 0 Å². The number of carbonyl (C=O) groups is 2. The molecule has 3 aliphatic rings. The Balaban J connectivity index is 1.41. The standard InChI is InChI=1S/C15H23NO4/c1-15(3-2-4-15)20-8-13(17)16-12-7-9-5-10(14(18)19)6-11(9)12/h9-12H,2-8H2,1H3,(H,16,17)(H,18,19)/t9-,10?,11-,12+/m0/s1. The van der Waals surface area contributed by atoms with Crippen LogP contribution in [0.4, 0.5) is 0 Å². The van der Waals surface area contributed by atoms with Crippen molar-refractivity contribution in [3.8, 4) is 0 Å². The zero-order chi connectivity index (χ0) is 14.3. The van der Waals surface area contributed by atoms with E-state index < -0.39 is 5.97 Å². The number of carbonyl (C=O) groups excluding carboxylic acids is 1. The van der Waals surface area contributed by atoms with E-state index in [1.807, 2.05) is 0 Å². The molecule has 0 aromatic rings. The molecule has 0 aromatic carbocycles. The van der Waals surface area contributed by atoms with E-state index in [1.165, 1.54) is 6.42 Å². The Morgan fingerprint density at radius 2 is 2.05 bits per heavy atom. The number of ether oxygens (including phenoxy) is 1. The van der Waals surface area contributed by atoms with Crippen LogP contribution in [0, 0.1) is 17.8 Å². The molecule has 0 aromatic heterocycles. The molecule has 0 saturated heterocycles. The maximum Gasteiger partial charge on any atom is 0.306 e. The average Bonchev–Trinajstić information content (AvgIpc) is 2.69. The molecule has 2 N–H and O–H groups in total. The van der Waals surface area contributed by atoms with Crippen LogP contribution in [0.25, 0.3) is 0 Å². The Bertz CT molecular complexity index is 418. The maximum atomic E-state index is 11.9. The van der Waals surface area contributed by atoms with E-state index in [0.717, 1.165) is 25.7 Å². The first-order valence-electron chi connectivity index (χ1n) is 7.63. The van der Waals surface area contributed by atoms with Gasteiger partial charge in [0.05, 0.1) is 11.5 Å². The first-order chi connectivity index (χ1) is 9.47. The van der Waals surface area contributed by atoms with E-state index >= 15 is 0 Å². The fourth-order valence-electron chi connectivity index (χ4n) is 3.90. The second-order valence-corrected chi connectivity index (χ2v) is 6.93. The fraction of sp³-hybridized carbons (Fsp3) is 0.867. The number of hydrogen-bond acceptors (Lipinski definition) is 3. The molecular formula is C15H23NO4. The van der Waals surface area contributed by atoms with Gasteiger partial charge >= 0.3 is 5.97 Å².